The maximum absolute atomic E-state index is 12.9. The Balaban J connectivity index is 0.00000648. The maximum atomic E-state index is 12.9. The molecule has 2 aliphatic rings. The third-order valence-corrected chi connectivity index (χ3v) is 6.99. The third kappa shape index (κ3) is 9.96. The van der Waals surface area contributed by atoms with Gasteiger partial charge in [-0.2, -0.15) is 0 Å². The lowest BCUT2D eigenvalue weighted by Gasteiger charge is -2.28. The van der Waals surface area contributed by atoms with E-state index in [0.29, 0.717) is 50.8 Å². The van der Waals surface area contributed by atoms with Gasteiger partial charge in [-0.25, -0.2) is 4.79 Å². The van der Waals surface area contributed by atoms with Gasteiger partial charge in [-0.1, -0.05) is 59.3 Å². The second-order valence-electron chi connectivity index (χ2n) is 9.71. The average molecular weight is 509 g/mol. The first kappa shape index (κ1) is 31.7. The van der Waals surface area contributed by atoms with Gasteiger partial charge < -0.3 is 25.2 Å². The Labute approximate surface area is 217 Å². The van der Waals surface area contributed by atoms with Gasteiger partial charge in [-0.3, -0.25) is 9.59 Å². The average Bonchev–Trinajstić information content (AvgIpc) is 3.28. The normalized spacial score (nSPS) is 19.5. The smallest absolute Gasteiger partial charge is 0.335 e. The number of unbranched alkanes of at least 4 members (excludes halogenated alkanes) is 8. The Morgan fingerprint density at radius 2 is 1.69 bits per heavy atom. The van der Waals surface area contributed by atoms with E-state index in [2.05, 4.69) is 6.92 Å². The molecule has 0 bridgehead atoms. The zero-order valence-electron chi connectivity index (χ0n) is 21.5. The molecule has 36 heavy (non-hydrogen) atoms. The molecule has 1 heterocycles. The fourth-order valence-electron chi connectivity index (χ4n) is 4.91. The Bertz CT molecular complexity index is 763. The molecule has 2 rings (SSSR count). The second kappa shape index (κ2) is 17.2. The number of hydrogen-bond acceptors (Lipinski definition) is 7. The molecule has 0 amide bonds. The van der Waals surface area contributed by atoms with Crippen molar-refractivity contribution in [3.05, 3.63) is 23.5 Å². The predicted molar refractivity (Wildman–Crippen MR) is 141 cm³/mol. The molecule has 206 valence electrons. The number of nitrogens with two attached hydrogens (primary N) is 1. The van der Waals surface area contributed by atoms with Crippen LogP contribution in [0, 0.1) is 11.8 Å². The van der Waals surface area contributed by atoms with Crippen molar-refractivity contribution in [2.24, 2.45) is 17.6 Å². The van der Waals surface area contributed by atoms with Gasteiger partial charge in [0.1, 0.15) is 6.04 Å². The Kier molecular flexibility index (Phi) is 15.1. The van der Waals surface area contributed by atoms with Crippen molar-refractivity contribution >= 4 is 17.9 Å². The number of hydrogen-bond donors (Lipinski definition) is 2. The summed E-state index contributed by atoms with van der Waals surface area (Å²) < 4.78 is 10.6. The molecule has 1 aliphatic carbocycles. The molecule has 0 spiro atoms. The van der Waals surface area contributed by atoms with Gasteiger partial charge in [0.2, 0.25) is 0 Å². The molecule has 3 atom stereocenters. The number of carbonyl (C=O) groups is 3. The number of carbonyl (C=O) groups excluding carboxylic acids is 2. The highest BCUT2D eigenvalue weighted by atomic mass is 16.5. The molecule has 0 aromatic carbocycles. The van der Waals surface area contributed by atoms with Gasteiger partial charge in [0.15, 0.2) is 0 Å². The van der Waals surface area contributed by atoms with Crippen molar-refractivity contribution in [3.8, 4) is 0 Å². The van der Waals surface area contributed by atoms with Crippen LogP contribution in [0.15, 0.2) is 23.5 Å². The van der Waals surface area contributed by atoms with E-state index in [1.165, 1.54) is 45.6 Å². The molecule has 3 N–H and O–H groups in total. The summed E-state index contributed by atoms with van der Waals surface area (Å²) in [4.78, 5) is 38.1. The van der Waals surface area contributed by atoms with Gasteiger partial charge in [0, 0.05) is 24.9 Å². The summed E-state index contributed by atoms with van der Waals surface area (Å²) in [5, 5.41) is 8.93. The third-order valence-electron chi connectivity index (χ3n) is 6.99. The number of rotatable bonds is 17. The maximum Gasteiger partial charge on any atom is 0.335 e. The monoisotopic (exact) mass is 508 g/mol. The van der Waals surface area contributed by atoms with Gasteiger partial charge >= 0.3 is 17.9 Å². The largest absolute Gasteiger partial charge is 0.480 e. The van der Waals surface area contributed by atoms with Crippen molar-refractivity contribution in [2.75, 3.05) is 20.3 Å². The fourth-order valence-corrected chi connectivity index (χ4v) is 4.91. The molecule has 1 aliphatic heterocycles. The summed E-state index contributed by atoms with van der Waals surface area (Å²) >= 11 is 0. The summed E-state index contributed by atoms with van der Waals surface area (Å²) in [7, 11) is 1.36. The lowest BCUT2D eigenvalue weighted by Crippen LogP contribution is -2.30. The van der Waals surface area contributed by atoms with Crippen LogP contribution in [-0.2, 0) is 23.9 Å². The highest BCUT2D eigenvalue weighted by Gasteiger charge is 2.42. The minimum atomic E-state index is -1.000. The topological polar surface area (TPSA) is 119 Å². The SMILES string of the molecule is C.CCCCCCCCCCOC(=O)C1CCC2C(C(=O)OC)=CN(CCCCC(N)C(=O)O)C=C12. The second-order valence-corrected chi connectivity index (χ2v) is 9.71. The molecule has 1 fully saturated rings. The van der Waals surface area contributed by atoms with E-state index >= 15 is 0 Å². The zero-order valence-corrected chi connectivity index (χ0v) is 21.5. The quantitative estimate of drug-likeness (QED) is 0.204. The van der Waals surface area contributed by atoms with E-state index in [1.807, 2.05) is 11.1 Å². The van der Waals surface area contributed by atoms with Crippen molar-refractivity contribution in [2.45, 2.75) is 104 Å². The lowest BCUT2D eigenvalue weighted by atomic mass is 9.89. The first-order chi connectivity index (χ1) is 16.9. The van der Waals surface area contributed by atoms with Crippen LogP contribution < -0.4 is 5.73 Å². The standard InChI is InChI=1S/C27H44N2O6.CH4/c1-3-4-5-6-7-8-9-12-17-35-27(33)21-15-14-20-22(21)18-29(19-23(20)26(32)34-2)16-11-10-13-24(28)25(30)31;/h18-21,24H,3-17,28H2,1-2H3,(H,30,31);1H4. The highest BCUT2D eigenvalue weighted by molar-refractivity contribution is 5.91. The molecule has 0 radical (unpaired) electrons. The van der Waals surface area contributed by atoms with E-state index < -0.39 is 12.0 Å². The van der Waals surface area contributed by atoms with Crippen LogP contribution in [0.4, 0.5) is 0 Å². The summed E-state index contributed by atoms with van der Waals surface area (Å²) in [5.74, 6) is -2.06. The minimum absolute atomic E-state index is 0. The van der Waals surface area contributed by atoms with Crippen LogP contribution in [0.3, 0.4) is 0 Å². The summed E-state index contributed by atoms with van der Waals surface area (Å²) in [5.41, 5.74) is 7.05. The molecule has 1 saturated carbocycles. The number of ether oxygens (including phenoxy) is 2. The number of methoxy groups -OCH3 is 1. The van der Waals surface area contributed by atoms with Crippen LogP contribution >= 0.6 is 0 Å². The van der Waals surface area contributed by atoms with Crippen LogP contribution in [-0.4, -0.2) is 54.2 Å². The van der Waals surface area contributed by atoms with Gasteiger partial charge in [0.25, 0.3) is 0 Å². The zero-order chi connectivity index (χ0) is 25.6. The summed E-state index contributed by atoms with van der Waals surface area (Å²) in [6.07, 6.45) is 16.4. The van der Waals surface area contributed by atoms with E-state index in [4.69, 9.17) is 20.3 Å². The predicted octanol–water partition coefficient (Wildman–Crippen LogP) is 5.17. The number of nitrogens with zero attached hydrogens (tertiary/aromatic N) is 1. The van der Waals surface area contributed by atoms with Crippen LogP contribution in [0.2, 0.25) is 0 Å². The van der Waals surface area contributed by atoms with Gasteiger partial charge in [-0.15, -0.1) is 0 Å². The van der Waals surface area contributed by atoms with Crippen molar-refractivity contribution in [3.63, 3.8) is 0 Å². The number of carboxylic acid groups (broad SMARTS) is 1. The molecule has 0 aromatic rings. The number of aliphatic carboxylic acids is 1. The molecular formula is C28H48N2O6. The van der Waals surface area contributed by atoms with Crippen molar-refractivity contribution in [1.82, 2.24) is 4.90 Å². The van der Waals surface area contributed by atoms with Crippen molar-refractivity contribution < 1.29 is 29.0 Å². The van der Waals surface area contributed by atoms with E-state index in [9.17, 15) is 14.4 Å². The molecule has 8 heteroatoms. The van der Waals surface area contributed by atoms with E-state index in [-0.39, 0.29) is 31.2 Å². The number of fused-ring (bicyclic) bond motifs is 1. The summed E-state index contributed by atoms with van der Waals surface area (Å²) in [6.45, 7) is 3.26. The number of esters is 2. The number of carboxylic acids is 1. The molecular weight excluding hydrogens is 460 g/mol. The van der Waals surface area contributed by atoms with Crippen LogP contribution in [0.1, 0.15) is 97.8 Å². The Morgan fingerprint density at radius 1 is 1.03 bits per heavy atom. The van der Waals surface area contributed by atoms with Gasteiger partial charge in [0.05, 0.1) is 25.2 Å². The first-order valence-corrected chi connectivity index (χ1v) is 13.3. The van der Waals surface area contributed by atoms with Crippen LogP contribution in [0.25, 0.3) is 0 Å². The molecule has 0 aromatic heterocycles. The van der Waals surface area contributed by atoms with Crippen molar-refractivity contribution in [1.29, 1.82) is 0 Å². The van der Waals surface area contributed by atoms with Gasteiger partial charge in [-0.05, 0) is 44.1 Å². The summed E-state index contributed by atoms with van der Waals surface area (Å²) in [6, 6.07) is -0.865. The molecule has 0 saturated heterocycles. The Hall–Kier alpha value is -2.35. The van der Waals surface area contributed by atoms with E-state index in [1.54, 1.807) is 6.20 Å². The fraction of sp³-hybridized carbons (Fsp3) is 0.750. The minimum Gasteiger partial charge on any atom is -0.480 e. The molecule has 8 nitrogen and oxygen atoms in total. The molecule has 3 unspecified atom stereocenters. The lowest BCUT2D eigenvalue weighted by molar-refractivity contribution is -0.147. The van der Waals surface area contributed by atoms with Crippen LogP contribution in [0.5, 0.6) is 0 Å². The van der Waals surface area contributed by atoms with E-state index in [0.717, 1.165) is 18.4 Å². The highest BCUT2D eigenvalue weighted by Crippen LogP contribution is 2.44. The first-order valence-electron chi connectivity index (χ1n) is 13.3. The Morgan fingerprint density at radius 3 is 2.33 bits per heavy atom.